The fourth-order valence-corrected chi connectivity index (χ4v) is 3.55. The number of anilines is 1. The highest BCUT2D eigenvalue weighted by Crippen LogP contribution is 2.44. The molecule has 24 heavy (non-hydrogen) atoms. The zero-order chi connectivity index (χ0) is 16.9. The standard InChI is InChI=1S/C20H18N2O2/c1-12-18(13(2)24-22-12)14-9-10-17-16(11-14)20(3,19(23)21-17)15-7-5-4-6-8-15/h4-11H,1-3H3,(H,21,23). The Morgan fingerprint density at radius 3 is 2.50 bits per heavy atom. The molecule has 0 bridgehead atoms. The minimum absolute atomic E-state index is 0.000359. The van der Waals surface area contributed by atoms with Crippen molar-refractivity contribution in [2.75, 3.05) is 5.32 Å². The number of hydrogen-bond donors (Lipinski definition) is 1. The number of nitrogens with zero attached hydrogens (tertiary/aromatic N) is 1. The summed E-state index contributed by atoms with van der Waals surface area (Å²) in [5.41, 5.74) is 4.99. The summed E-state index contributed by atoms with van der Waals surface area (Å²) in [6.07, 6.45) is 0. The number of nitrogens with one attached hydrogen (secondary N) is 1. The quantitative estimate of drug-likeness (QED) is 0.770. The van der Waals surface area contributed by atoms with Gasteiger partial charge in [0.1, 0.15) is 5.76 Å². The molecule has 0 fully saturated rings. The molecule has 2 heterocycles. The highest BCUT2D eigenvalue weighted by molar-refractivity contribution is 6.08. The molecule has 1 aromatic heterocycles. The summed E-state index contributed by atoms with van der Waals surface area (Å²) in [6.45, 7) is 5.81. The second-order valence-corrected chi connectivity index (χ2v) is 6.40. The lowest BCUT2D eigenvalue weighted by Crippen LogP contribution is -2.32. The van der Waals surface area contributed by atoms with E-state index in [-0.39, 0.29) is 5.91 Å². The largest absolute Gasteiger partial charge is 0.361 e. The van der Waals surface area contributed by atoms with Crippen molar-refractivity contribution >= 4 is 11.6 Å². The predicted octanol–water partition coefficient (Wildman–Crippen LogP) is 4.22. The zero-order valence-electron chi connectivity index (χ0n) is 13.9. The molecule has 4 heteroatoms. The molecular weight excluding hydrogens is 300 g/mol. The van der Waals surface area contributed by atoms with Crippen LogP contribution in [-0.4, -0.2) is 11.1 Å². The molecule has 2 aromatic carbocycles. The van der Waals surface area contributed by atoms with Crippen LogP contribution in [0.25, 0.3) is 11.1 Å². The number of aromatic nitrogens is 1. The Morgan fingerprint density at radius 1 is 1.08 bits per heavy atom. The molecule has 120 valence electrons. The number of benzene rings is 2. The van der Waals surface area contributed by atoms with Crippen LogP contribution < -0.4 is 5.32 Å². The van der Waals surface area contributed by atoms with Gasteiger partial charge in [0, 0.05) is 11.3 Å². The second kappa shape index (κ2) is 5.06. The summed E-state index contributed by atoms with van der Waals surface area (Å²) >= 11 is 0. The number of carbonyl (C=O) groups is 1. The summed E-state index contributed by atoms with van der Waals surface area (Å²) in [5, 5.41) is 7.05. The van der Waals surface area contributed by atoms with E-state index in [1.165, 1.54) is 0 Å². The SMILES string of the molecule is Cc1noc(C)c1-c1ccc2c(c1)C(C)(c1ccccc1)C(=O)N2. The molecule has 1 atom stereocenters. The molecule has 1 amide bonds. The third-order valence-electron chi connectivity index (χ3n) is 4.93. The van der Waals surface area contributed by atoms with E-state index < -0.39 is 5.41 Å². The van der Waals surface area contributed by atoms with Crippen molar-refractivity contribution in [2.45, 2.75) is 26.2 Å². The van der Waals surface area contributed by atoms with E-state index in [0.717, 1.165) is 39.4 Å². The predicted molar refractivity (Wildman–Crippen MR) is 92.9 cm³/mol. The Bertz CT molecular complexity index is 924. The Hall–Kier alpha value is -2.88. The summed E-state index contributed by atoms with van der Waals surface area (Å²) in [5.74, 6) is 0.783. The smallest absolute Gasteiger partial charge is 0.239 e. The van der Waals surface area contributed by atoms with E-state index in [1.54, 1.807) is 0 Å². The first-order valence-electron chi connectivity index (χ1n) is 7.96. The molecule has 1 N–H and O–H groups in total. The average molecular weight is 318 g/mol. The van der Waals surface area contributed by atoms with Crippen molar-refractivity contribution in [3.8, 4) is 11.1 Å². The number of hydrogen-bond acceptors (Lipinski definition) is 3. The molecule has 1 aliphatic rings. The van der Waals surface area contributed by atoms with Gasteiger partial charge in [0.25, 0.3) is 0 Å². The summed E-state index contributed by atoms with van der Waals surface area (Å²) in [4.78, 5) is 12.7. The van der Waals surface area contributed by atoms with Crippen molar-refractivity contribution in [2.24, 2.45) is 0 Å². The van der Waals surface area contributed by atoms with Crippen LogP contribution in [0.5, 0.6) is 0 Å². The Kier molecular flexibility index (Phi) is 3.10. The van der Waals surface area contributed by atoms with Gasteiger partial charge in [-0.2, -0.15) is 0 Å². The van der Waals surface area contributed by atoms with Crippen LogP contribution in [0.3, 0.4) is 0 Å². The van der Waals surface area contributed by atoms with Gasteiger partial charge < -0.3 is 9.84 Å². The lowest BCUT2D eigenvalue weighted by molar-refractivity contribution is -0.119. The number of carbonyl (C=O) groups excluding carboxylic acids is 1. The van der Waals surface area contributed by atoms with Gasteiger partial charge in [-0.1, -0.05) is 41.6 Å². The van der Waals surface area contributed by atoms with Crippen LogP contribution in [0.2, 0.25) is 0 Å². The van der Waals surface area contributed by atoms with E-state index >= 15 is 0 Å². The molecule has 4 nitrogen and oxygen atoms in total. The molecule has 0 aliphatic carbocycles. The normalized spacial score (nSPS) is 19.2. The lowest BCUT2D eigenvalue weighted by Gasteiger charge is -2.23. The minimum atomic E-state index is -0.703. The van der Waals surface area contributed by atoms with Crippen LogP contribution >= 0.6 is 0 Å². The van der Waals surface area contributed by atoms with Gasteiger partial charge in [-0.15, -0.1) is 0 Å². The van der Waals surface area contributed by atoms with Gasteiger partial charge in [-0.25, -0.2) is 0 Å². The van der Waals surface area contributed by atoms with E-state index in [4.69, 9.17) is 4.52 Å². The highest BCUT2D eigenvalue weighted by Gasteiger charge is 2.44. The van der Waals surface area contributed by atoms with Gasteiger partial charge >= 0.3 is 0 Å². The maximum Gasteiger partial charge on any atom is 0.239 e. The van der Waals surface area contributed by atoms with Crippen LogP contribution in [0.4, 0.5) is 5.69 Å². The van der Waals surface area contributed by atoms with E-state index in [2.05, 4.69) is 16.5 Å². The van der Waals surface area contributed by atoms with Gasteiger partial charge in [0.15, 0.2) is 0 Å². The molecule has 0 radical (unpaired) electrons. The van der Waals surface area contributed by atoms with E-state index in [1.807, 2.05) is 63.2 Å². The first kappa shape index (κ1) is 14.7. The molecule has 0 saturated carbocycles. The van der Waals surface area contributed by atoms with E-state index in [9.17, 15) is 4.79 Å². The summed E-state index contributed by atoms with van der Waals surface area (Å²) < 4.78 is 5.29. The second-order valence-electron chi connectivity index (χ2n) is 6.40. The Morgan fingerprint density at radius 2 is 1.83 bits per heavy atom. The highest BCUT2D eigenvalue weighted by atomic mass is 16.5. The molecule has 1 unspecified atom stereocenters. The van der Waals surface area contributed by atoms with Crippen LogP contribution in [0.1, 0.15) is 29.5 Å². The monoisotopic (exact) mass is 318 g/mol. The molecule has 4 rings (SSSR count). The Labute approximate surface area is 140 Å². The van der Waals surface area contributed by atoms with Gasteiger partial charge in [0.2, 0.25) is 5.91 Å². The molecule has 0 saturated heterocycles. The maximum atomic E-state index is 12.7. The number of rotatable bonds is 2. The van der Waals surface area contributed by atoms with Crippen LogP contribution in [0, 0.1) is 13.8 Å². The summed E-state index contributed by atoms with van der Waals surface area (Å²) in [7, 11) is 0. The third-order valence-corrected chi connectivity index (χ3v) is 4.93. The molecule has 3 aromatic rings. The van der Waals surface area contributed by atoms with Crippen molar-refractivity contribution in [3.63, 3.8) is 0 Å². The molecule has 0 spiro atoms. The maximum absolute atomic E-state index is 12.7. The molecular formula is C20H18N2O2. The lowest BCUT2D eigenvalue weighted by atomic mass is 9.76. The Balaban J connectivity index is 1.93. The van der Waals surface area contributed by atoms with Crippen molar-refractivity contribution in [1.29, 1.82) is 0 Å². The fourth-order valence-electron chi connectivity index (χ4n) is 3.55. The van der Waals surface area contributed by atoms with E-state index in [0.29, 0.717) is 0 Å². The first-order chi connectivity index (χ1) is 11.5. The summed E-state index contributed by atoms with van der Waals surface area (Å²) in [6, 6.07) is 15.9. The topological polar surface area (TPSA) is 55.1 Å². The number of aryl methyl sites for hydroxylation is 2. The van der Waals surface area contributed by atoms with Crippen molar-refractivity contribution in [1.82, 2.24) is 5.16 Å². The minimum Gasteiger partial charge on any atom is -0.361 e. The third kappa shape index (κ3) is 1.92. The molecule has 1 aliphatic heterocycles. The number of fused-ring (bicyclic) bond motifs is 1. The van der Waals surface area contributed by atoms with Crippen LogP contribution in [-0.2, 0) is 10.2 Å². The average Bonchev–Trinajstić information content (AvgIpc) is 3.06. The van der Waals surface area contributed by atoms with Crippen molar-refractivity contribution < 1.29 is 9.32 Å². The van der Waals surface area contributed by atoms with Gasteiger partial charge in [-0.05, 0) is 49.6 Å². The zero-order valence-corrected chi connectivity index (χ0v) is 13.9. The van der Waals surface area contributed by atoms with Gasteiger partial charge in [0.05, 0.1) is 11.1 Å². The van der Waals surface area contributed by atoms with Crippen molar-refractivity contribution in [3.05, 3.63) is 71.1 Å². The van der Waals surface area contributed by atoms with Crippen LogP contribution in [0.15, 0.2) is 53.1 Å². The fraction of sp³-hybridized carbons (Fsp3) is 0.200. The van der Waals surface area contributed by atoms with Gasteiger partial charge in [-0.3, -0.25) is 4.79 Å². The first-order valence-corrected chi connectivity index (χ1v) is 7.96. The number of amides is 1.